The number of benzene rings is 2. The fraction of sp³-hybridized carbons (Fsp3) is 0.263. The zero-order chi connectivity index (χ0) is 18.7. The number of anilines is 1. The topological polar surface area (TPSA) is 100 Å². The molecule has 0 aromatic heterocycles. The lowest BCUT2D eigenvalue weighted by Crippen LogP contribution is -2.45. The fourth-order valence-corrected chi connectivity index (χ4v) is 2.87. The van der Waals surface area contributed by atoms with E-state index in [0.717, 1.165) is 17.0 Å². The van der Waals surface area contributed by atoms with Crippen LogP contribution < -0.4 is 15.8 Å². The summed E-state index contributed by atoms with van der Waals surface area (Å²) in [6.45, 7) is 2.31. The van der Waals surface area contributed by atoms with E-state index >= 15 is 0 Å². The molecule has 0 fully saturated rings. The molecule has 0 radical (unpaired) electrons. The van der Waals surface area contributed by atoms with Gasteiger partial charge in [0.05, 0.1) is 13.7 Å². The van der Waals surface area contributed by atoms with Crippen LogP contribution in [0.1, 0.15) is 12.5 Å². The highest BCUT2D eigenvalue weighted by molar-refractivity contribution is 6.06. The van der Waals surface area contributed by atoms with Crippen molar-refractivity contribution in [2.75, 3.05) is 19.0 Å². The molecule has 1 amide bonds. The number of hydrogen-bond donors (Lipinski definition) is 3. The molecular formula is C19H22N4O3. The van der Waals surface area contributed by atoms with Crippen molar-refractivity contribution < 1.29 is 14.6 Å². The van der Waals surface area contributed by atoms with Crippen molar-refractivity contribution in [3.63, 3.8) is 0 Å². The number of methoxy groups -OCH3 is 1. The molecule has 3 rings (SSSR count). The zero-order valence-corrected chi connectivity index (χ0v) is 14.8. The molecule has 1 atom stereocenters. The van der Waals surface area contributed by atoms with Crippen molar-refractivity contribution >= 4 is 17.6 Å². The van der Waals surface area contributed by atoms with Gasteiger partial charge in [-0.15, -0.1) is 0 Å². The van der Waals surface area contributed by atoms with Gasteiger partial charge in [0.15, 0.2) is 11.5 Å². The molecule has 0 saturated heterocycles. The number of phenolic OH excluding ortho intramolecular Hbond substituents is 1. The van der Waals surface area contributed by atoms with Gasteiger partial charge in [0, 0.05) is 18.3 Å². The number of nitrogens with zero attached hydrogens (tertiary/aromatic N) is 2. The van der Waals surface area contributed by atoms with Gasteiger partial charge in [-0.3, -0.25) is 9.69 Å². The van der Waals surface area contributed by atoms with Crippen LogP contribution in [0.5, 0.6) is 11.5 Å². The molecule has 4 N–H and O–H groups in total. The third kappa shape index (κ3) is 3.56. The van der Waals surface area contributed by atoms with Crippen molar-refractivity contribution in [3.8, 4) is 11.5 Å². The van der Waals surface area contributed by atoms with E-state index in [0.29, 0.717) is 6.54 Å². The van der Waals surface area contributed by atoms with Crippen molar-refractivity contribution in [2.24, 2.45) is 10.7 Å². The van der Waals surface area contributed by atoms with Crippen molar-refractivity contribution in [1.29, 1.82) is 0 Å². The van der Waals surface area contributed by atoms with Crippen LogP contribution in [0.4, 0.5) is 5.69 Å². The summed E-state index contributed by atoms with van der Waals surface area (Å²) in [7, 11) is 1.60. The Morgan fingerprint density at radius 3 is 2.77 bits per heavy atom. The van der Waals surface area contributed by atoms with Gasteiger partial charge in [-0.25, -0.2) is 4.99 Å². The SMILES string of the molecule is COc1cccc(NCC2(C)N=C(N)N(Cc3cccc(O)c3)C2=O)c1. The lowest BCUT2D eigenvalue weighted by molar-refractivity contribution is -0.130. The van der Waals surface area contributed by atoms with E-state index in [2.05, 4.69) is 10.3 Å². The van der Waals surface area contributed by atoms with E-state index in [4.69, 9.17) is 10.5 Å². The molecule has 0 bridgehead atoms. The van der Waals surface area contributed by atoms with Crippen LogP contribution in [-0.2, 0) is 11.3 Å². The summed E-state index contributed by atoms with van der Waals surface area (Å²) >= 11 is 0. The van der Waals surface area contributed by atoms with E-state index in [1.807, 2.05) is 30.3 Å². The Balaban J connectivity index is 1.71. The number of carbonyl (C=O) groups excluding carboxylic acids is 1. The lowest BCUT2D eigenvalue weighted by Gasteiger charge is -2.23. The summed E-state index contributed by atoms with van der Waals surface area (Å²) in [5, 5.41) is 12.8. The second kappa shape index (κ2) is 6.95. The Morgan fingerprint density at radius 1 is 1.27 bits per heavy atom. The Labute approximate surface area is 152 Å². The predicted molar refractivity (Wildman–Crippen MR) is 100 cm³/mol. The van der Waals surface area contributed by atoms with E-state index < -0.39 is 5.54 Å². The number of rotatable bonds is 6. The Morgan fingerprint density at radius 2 is 2.04 bits per heavy atom. The number of guanidine groups is 1. The number of aromatic hydroxyl groups is 1. The van der Waals surface area contributed by atoms with Crippen LogP contribution in [0.25, 0.3) is 0 Å². The maximum Gasteiger partial charge on any atom is 0.259 e. The molecule has 1 unspecified atom stereocenters. The van der Waals surface area contributed by atoms with Crippen LogP contribution in [0, 0.1) is 0 Å². The van der Waals surface area contributed by atoms with Crippen LogP contribution in [0.3, 0.4) is 0 Å². The number of nitrogens with one attached hydrogen (secondary N) is 1. The largest absolute Gasteiger partial charge is 0.508 e. The molecule has 1 aliphatic rings. The molecular weight excluding hydrogens is 332 g/mol. The molecule has 7 nitrogen and oxygen atoms in total. The standard InChI is InChI=1S/C19H22N4O3/c1-19(12-21-14-6-4-8-16(10-14)26-2)17(25)23(18(20)22-19)11-13-5-3-7-15(24)9-13/h3-10,21,24H,11-12H2,1-2H3,(H2,20,22). The summed E-state index contributed by atoms with van der Waals surface area (Å²) in [5.74, 6) is 0.862. The van der Waals surface area contributed by atoms with Gasteiger partial charge in [-0.05, 0) is 36.8 Å². The first-order valence-electron chi connectivity index (χ1n) is 8.24. The fourth-order valence-electron chi connectivity index (χ4n) is 2.87. The third-order valence-corrected chi connectivity index (χ3v) is 4.30. The second-order valence-corrected chi connectivity index (χ2v) is 6.39. The third-order valence-electron chi connectivity index (χ3n) is 4.30. The van der Waals surface area contributed by atoms with Gasteiger partial charge in [0.25, 0.3) is 5.91 Å². The molecule has 0 aliphatic carbocycles. The van der Waals surface area contributed by atoms with E-state index in [9.17, 15) is 9.90 Å². The zero-order valence-electron chi connectivity index (χ0n) is 14.8. The maximum atomic E-state index is 12.9. The highest BCUT2D eigenvalue weighted by Crippen LogP contribution is 2.25. The number of hydrogen-bond acceptors (Lipinski definition) is 6. The molecule has 7 heteroatoms. The minimum Gasteiger partial charge on any atom is -0.508 e. The minimum atomic E-state index is -0.996. The van der Waals surface area contributed by atoms with Crippen molar-refractivity contribution in [2.45, 2.75) is 19.0 Å². The first-order chi connectivity index (χ1) is 12.4. The van der Waals surface area contributed by atoms with Crippen LogP contribution in [0.2, 0.25) is 0 Å². The van der Waals surface area contributed by atoms with Gasteiger partial charge >= 0.3 is 0 Å². The molecule has 1 heterocycles. The highest BCUT2D eigenvalue weighted by atomic mass is 16.5. The Bertz CT molecular complexity index is 852. The number of aliphatic imine (C=N–C) groups is 1. The molecule has 2 aromatic rings. The van der Waals surface area contributed by atoms with Gasteiger partial charge in [0.1, 0.15) is 11.5 Å². The van der Waals surface area contributed by atoms with Gasteiger partial charge < -0.3 is 20.9 Å². The summed E-state index contributed by atoms with van der Waals surface area (Å²) < 4.78 is 5.20. The van der Waals surface area contributed by atoms with Gasteiger partial charge in [-0.2, -0.15) is 0 Å². The molecule has 136 valence electrons. The Hall–Kier alpha value is -3.22. The average Bonchev–Trinajstić information content (AvgIpc) is 2.84. The molecule has 2 aromatic carbocycles. The Kier molecular flexibility index (Phi) is 4.71. The highest BCUT2D eigenvalue weighted by Gasteiger charge is 2.43. The minimum absolute atomic E-state index is 0.145. The first kappa shape index (κ1) is 17.6. The van der Waals surface area contributed by atoms with Crippen LogP contribution in [0.15, 0.2) is 53.5 Å². The second-order valence-electron chi connectivity index (χ2n) is 6.39. The van der Waals surface area contributed by atoms with E-state index in [-0.39, 0.29) is 24.2 Å². The van der Waals surface area contributed by atoms with Crippen LogP contribution >= 0.6 is 0 Å². The van der Waals surface area contributed by atoms with Gasteiger partial charge in [0.2, 0.25) is 0 Å². The number of carbonyl (C=O) groups is 1. The van der Waals surface area contributed by atoms with Crippen molar-refractivity contribution in [1.82, 2.24) is 4.90 Å². The smallest absolute Gasteiger partial charge is 0.259 e. The number of phenols is 1. The number of nitrogens with two attached hydrogens (primary N) is 1. The average molecular weight is 354 g/mol. The lowest BCUT2D eigenvalue weighted by atomic mass is 10.0. The predicted octanol–water partition coefficient (Wildman–Crippen LogP) is 1.93. The summed E-state index contributed by atoms with van der Waals surface area (Å²) in [5.41, 5.74) is 6.61. The van der Waals surface area contributed by atoms with E-state index in [1.54, 1.807) is 32.2 Å². The molecule has 0 spiro atoms. The van der Waals surface area contributed by atoms with Crippen molar-refractivity contribution in [3.05, 3.63) is 54.1 Å². The van der Waals surface area contributed by atoms with Crippen LogP contribution in [-0.4, -0.2) is 41.1 Å². The normalized spacial score (nSPS) is 19.4. The summed E-state index contributed by atoms with van der Waals surface area (Å²) in [4.78, 5) is 18.7. The van der Waals surface area contributed by atoms with Gasteiger partial charge in [-0.1, -0.05) is 18.2 Å². The monoisotopic (exact) mass is 354 g/mol. The molecule has 1 aliphatic heterocycles. The number of ether oxygens (including phenoxy) is 1. The quantitative estimate of drug-likeness (QED) is 0.736. The molecule has 0 saturated carbocycles. The van der Waals surface area contributed by atoms with E-state index in [1.165, 1.54) is 4.90 Å². The maximum absolute atomic E-state index is 12.9. The first-order valence-corrected chi connectivity index (χ1v) is 8.24. The number of amides is 1. The summed E-state index contributed by atoms with van der Waals surface area (Å²) in [6, 6.07) is 14.2. The molecule has 26 heavy (non-hydrogen) atoms. The summed E-state index contributed by atoms with van der Waals surface area (Å²) in [6.07, 6.45) is 0.